The summed E-state index contributed by atoms with van der Waals surface area (Å²) in [5, 5.41) is 9.58. The second-order valence-electron chi connectivity index (χ2n) is 5.72. The minimum Gasteiger partial charge on any atom is -0.371 e. The molecule has 2 aromatic heterocycles. The van der Waals surface area contributed by atoms with Crippen molar-refractivity contribution in [2.45, 2.75) is 31.3 Å². The van der Waals surface area contributed by atoms with E-state index in [0.717, 1.165) is 35.4 Å². The number of nitrogens with one attached hydrogen (secondary N) is 2. The van der Waals surface area contributed by atoms with Crippen LogP contribution in [0.15, 0.2) is 12.3 Å². The van der Waals surface area contributed by atoms with Crippen LogP contribution < -0.4 is 5.32 Å². The zero-order valence-electron chi connectivity index (χ0n) is 11.9. The molecule has 1 aliphatic carbocycles. The van der Waals surface area contributed by atoms with Gasteiger partial charge in [0, 0.05) is 23.8 Å². The maximum absolute atomic E-state index is 13.4. The molecule has 1 aliphatic heterocycles. The van der Waals surface area contributed by atoms with E-state index in [0.29, 0.717) is 24.6 Å². The van der Waals surface area contributed by atoms with Crippen LogP contribution in [0, 0.1) is 5.13 Å². The number of thiophene rings is 1. The van der Waals surface area contributed by atoms with E-state index in [-0.39, 0.29) is 17.1 Å². The second kappa shape index (κ2) is 5.48. The highest BCUT2D eigenvalue weighted by Gasteiger charge is 2.30. The summed E-state index contributed by atoms with van der Waals surface area (Å²) in [5.74, 6) is 0.286. The molecule has 7 heteroatoms. The lowest BCUT2D eigenvalue weighted by atomic mass is 10.1. The van der Waals surface area contributed by atoms with E-state index < -0.39 is 0 Å². The predicted molar refractivity (Wildman–Crippen MR) is 79.6 cm³/mol. The number of carbonyl (C=O) groups is 1. The van der Waals surface area contributed by atoms with Crippen LogP contribution in [0.25, 0.3) is 0 Å². The fourth-order valence-corrected chi connectivity index (χ4v) is 3.79. The molecule has 3 heterocycles. The van der Waals surface area contributed by atoms with Gasteiger partial charge < -0.3 is 10.1 Å². The summed E-state index contributed by atoms with van der Waals surface area (Å²) in [6.07, 6.45) is 4.24. The molecule has 0 saturated heterocycles. The molecule has 1 amide bonds. The highest BCUT2D eigenvalue weighted by Crippen LogP contribution is 2.40. The number of carbonyl (C=O) groups excluding carboxylic acids is 1. The Kier molecular flexibility index (Phi) is 3.46. The molecule has 1 saturated carbocycles. The molecule has 1 fully saturated rings. The van der Waals surface area contributed by atoms with Crippen molar-refractivity contribution in [3.05, 3.63) is 39.1 Å². The Morgan fingerprint density at radius 3 is 3.23 bits per heavy atom. The van der Waals surface area contributed by atoms with Gasteiger partial charge in [0.2, 0.25) is 0 Å². The van der Waals surface area contributed by atoms with Crippen LogP contribution in [0.2, 0.25) is 0 Å². The van der Waals surface area contributed by atoms with Crippen molar-refractivity contribution in [2.75, 3.05) is 13.2 Å². The van der Waals surface area contributed by atoms with E-state index >= 15 is 0 Å². The van der Waals surface area contributed by atoms with Gasteiger partial charge in [0.25, 0.3) is 5.91 Å². The van der Waals surface area contributed by atoms with Gasteiger partial charge in [0.15, 0.2) is 5.13 Å². The molecule has 0 spiro atoms. The third-order valence-corrected chi connectivity index (χ3v) is 5.15. The second-order valence-corrected chi connectivity index (χ2v) is 6.81. The van der Waals surface area contributed by atoms with Gasteiger partial charge >= 0.3 is 0 Å². The Labute approximate surface area is 130 Å². The third kappa shape index (κ3) is 2.55. The molecule has 2 aromatic rings. The third-order valence-electron chi connectivity index (χ3n) is 4.15. The normalized spacial score (nSPS) is 20.7. The summed E-state index contributed by atoms with van der Waals surface area (Å²) in [7, 11) is 0. The van der Waals surface area contributed by atoms with Crippen molar-refractivity contribution in [2.24, 2.45) is 0 Å². The van der Waals surface area contributed by atoms with Crippen molar-refractivity contribution < 1.29 is 13.9 Å². The number of aromatic nitrogens is 2. The molecule has 5 nitrogen and oxygen atoms in total. The highest BCUT2D eigenvalue weighted by molar-refractivity contribution is 7.10. The SMILES string of the molecule is O=C(NCC1OCCc2sc(F)cc21)c1cn[nH]c1C1CC1. The van der Waals surface area contributed by atoms with Crippen LogP contribution in [0.4, 0.5) is 4.39 Å². The Hall–Kier alpha value is -1.73. The zero-order chi connectivity index (χ0) is 15.1. The number of ether oxygens (including phenoxy) is 1. The molecule has 0 bridgehead atoms. The molecular formula is C15H16FN3O2S. The van der Waals surface area contributed by atoms with Gasteiger partial charge in [0.1, 0.15) is 6.10 Å². The predicted octanol–water partition coefficient (Wildman–Crippen LogP) is 2.53. The molecule has 22 heavy (non-hydrogen) atoms. The van der Waals surface area contributed by atoms with E-state index in [4.69, 9.17) is 4.74 Å². The Morgan fingerprint density at radius 2 is 2.41 bits per heavy atom. The Balaban J connectivity index is 1.44. The summed E-state index contributed by atoms with van der Waals surface area (Å²) in [5.41, 5.74) is 2.39. The molecule has 116 valence electrons. The average Bonchev–Trinajstić information content (AvgIpc) is 3.09. The van der Waals surface area contributed by atoms with Gasteiger partial charge in [-0.3, -0.25) is 9.89 Å². The van der Waals surface area contributed by atoms with Gasteiger partial charge in [0.05, 0.1) is 24.1 Å². The standard InChI is InChI=1S/C15H16FN3O2S/c16-13-5-9-11(21-4-3-12(9)22-13)7-17-15(20)10-6-18-19-14(10)8-1-2-8/h5-6,8,11H,1-4,7H2,(H,17,20)(H,18,19). The van der Waals surface area contributed by atoms with E-state index in [1.165, 1.54) is 17.4 Å². The number of nitrogens with zero attached hydrogens (tertiary/aromatic N) is 1. The number of aromatic amines is 1. The number of fused-ring (bicyclic) bond motifs is 1. The molecule has 0 radical (unpaired) electrons. The Bertz CT molecular complexity index is 707. The molecule has 2 aliphatic rings. The lowest BCUT2D eigenvalue weighted by Gasteiger charge is -2.23. The van der Waals surface area contributed by atoms with Crippen molar-refractivity contribution >= 4 is 17.2 Å². The quantitative estimate of drug-likeness (QED) is 0.909. The number of hydrogen-bond acceptors (Lipinski definition) is 4. The van der Waals surface area contributed by atoms with Crippen molar-refractivity contribution in [3.63, 3.8) is 0 Å². The summed E-state index contributed by atoms with van der Waals surface area (Å²) in [4.78, 5) is 13.3. The van der Waals surface area contributed by atoms with Crippen molar-refractivity contribution in [1.82, 2.24) is 15.5 Å². The van der Waals surface area contributed by atoms with Crippen LogP contribution in [0.3, 0.4) is 0 Å². The first-order valence-electron chi connectivity index (χ1n) is 7.43. The first-order chi connectivity index (χ1) is 10.7. The number of amides is 1. The number of halogens is 1. The molecular weight excluding hydrogens is 305 g/mol. The van der Waals surface area contributed by atoms with Gasteiger partial charge in [-0.2, -0.15) is 9.49 Å². The summed E-state index contributed by atoms with van der Waals surface area (Å²) < 4.78 is 19.1. The lowest BCUT2D eigenvalue weighted by molar-refractivity contribution is 0.0422. The first kappa shape index (κ1) is 13.9. The number of hydrogen-bond donors (Lipinski definition) is 2. The molecule has 1 atom stereocenters. The van der Waals surface area contributed by atoms with E-state index in [2.05, 4.69) is 15.5 Å². The summed E-state index contributed by atoms with van der Waals surface area (Å²) >= 11 is 1.17. The highest BCUT2D eigenvalue weighted by atomic mass is 32.1. The smallest absolute Gasteiger partial charge is 0.254 e. The van der Waals surface area contributed by atoms with Crippen molar-refractivity contribution in [3.8, 4) is 0 Å². The van der Waals surface area contributed by atoms with Crippen LogP contribution >= 0.6 is 11.3 Å². The van der Waals surface area contributed by atoms with Crippen LogP contribution in [-0.2, 0) is 11.2 Å². The monoisotopic (exact) mass is 321 g/mol. The zero-order valence-corrected chi connectivity index (χ0v) is 12.7. The maximum atomic E-state index is 13.4. The largest absolute Gasteiger partial charge is 0.371 e. The number of H-pyrrole nitrogens is 1. The summed E-state index contributed by atoms with van der Waals surface area (Å²) in [6.45, 7) is 0.907. The first-order valence-corrected chi connectivity index (χ1v) is 8.25. The van der Waals surface area contributed by atoms with E-state index in [1.807, 2.05) is 0 Å². The average molecular weight is 321 g/mol. The molecule has 0 aromatic carbocycles. The minimum absolute atomic E-state index is 0.151. The van der Waals surface area contributed by atoms with Gasteiger partial charge in [-0.1, -0.05) is 0 Å². The van der Waals surface area contributed by atoms with Gasteiger partial charge in [-0.05, 0) is 24.5 Å². The Morgan fingerprint density at radius 1 is 1.55 bits per heavy atom. The molecule has 2 N–H and O–H groups in total. The lowest BCUT2D eigenvalue weighted by Crippen LogP contribution is -2.31. The molecule has 4 rings (SSSR count). The fraction of sp³-hybridized carbons (Fsp3) is 0.467. The maximum Gasteiger partial charge on any atom is 0.254 e. The topological polar surface area (TPSA) is 67.0 Å². The van der Waals surface area contributed by atoms with Gasteiger partial charge in [-0.15, -0.1) is 11.3 Å². The van der Waals surface area contributed by atoms with Crippen LogP contribution in [0.1, 0.15) is 51.4 Å². The van der Waals surface area contributed by atoms with Crippen LogP contribution in [-0.4, -0.2) is 29.3 Å². The van der Waals surface area contributed by atoms with E-state index in [9.17, 15) is 9.18 Å². The summed E-state index contributed by atoms with van der Waals surface area (Å²) in [6, 6.07) is 1.52. The molecule has 1 unspecified atom stereocenters. The van der Waals surface area contributed by atoms with Crippen molar-refractivity contribution in [1.29, 1.82) is 0 Å². The fourth-order valence-electron chi connectivity index (χ4n) is 2.87. The number of rotatable bonds is 4. The minimum atomic E-state index is -0.273. The van der Waals surface area contributed by atoms with Crippen LogP contribution in [0.5, 0.6) is 0 Å². The van der Waals surface area contributed by atoms with Gasteiger partial charge in [-0.25, -0.2) is 0 Å². The van der Waals surface area contributed by atoms with E-state index in [1.54, 1.807) is 6.20 Å².